The smallest absolute Gasteiger partial charge is 0.129 e. The molecule has 2 N–H and O–H groups in total. The molecule has 0 aliphatic rings. The molecule has 96 valence electrons. The van der Waals surface area contributed by atoms with Crippen LogP contribution >= 0.6 is 0 Å². The van der Waals surface area contributed by atoms with Crippen LogP contribution < -0.4 is 0 Å². The number of aryl methyl sites for hydroxylation is 1. The van der Waals surface area contributed by atoms with E-state index in [1.54, 1.807) is 12.5 Å². The average molecular weight is 254 g/mol. The van der Waals surface area contributed by atoms with Crippen molar-refractivity contribution < 1.29 is 5.11 Å². The van der Waals surface area contributed by atoms with Crippen LogP contribution in [0.25, 0.3) is 22.3 Å². The van der Waals surface area contributed by atoms with Crippen LogP contribution in [0.3, 0.4) is 0 Å². The number of aliphatic hydroxyl groups is 1. The minimum Gasteiger partial charge on any atom is -0.396 e. The molecule has 0 saturated carbocycles. The normalized spacial score (nSPS) is 11.0. The summed E-state index contributed by atoms with van der Waals surface area (Å²) in [5, 5.41) is 8.84. The van der Waals surface area contributed by atoms with Crippen molar-refractivity contribution in [2.24, 2.45) is 0 Å². The van der Waals surface area contributed by atoms with Crippen molar-refractivity contribution in [1.82, 2.24) is 19.9 Å². The summed E-state index contributed by atoms with van der Waals surface area (Å²) in [5.74, 6) is 0.760. The molecule has 2 aromatic heterocycles. The van der Waals surface area contributed by atoms with Gasteiger partial charge in [0, 0.05) is 24.8 Å². The number of aromatic nitrogens is 4. The largest absolute Gasteiger partial charge is 0.396 e. The highest BCUT2D eigenvalue weighted by Gasteiger charge is 2.04. The molecule has 5 heteroatoms. The number of aromatic amines is 1. The summed E-state index contributed by atoms with van der Waals surface area (Å²) in [6.07, 6.45) is 4.81. The lowest BCUT2D eigenvalue weighted by atomic mass is 10.1. The van der Waals surface area contributed by atoms with E-state index in [1.165, 1.54) is 0 Å². The van der Waals surface area contributed by atoms with Gasteiger partial charge in [-0.15, -0.1) is 0 Å². The minimum atomic E-state index is 0.160. The number of nitrogens with zero attached hydrogens (tertiary/aromatic N) is 3. The van der Waals surface area contributed by atoms with Gasteiger partial charge in [0.1, 0.15) is 5.82 Å². The summed E-state index contributed by atoms with van der Waals surface area (Å²) in [7, 11) is 0. The summed E-state index contributed by atoms with van der Waals surface area (Å²) in [6, 6.07) is 7.89. The maximum Gasteiger partial charge on any atom is 0.129 e. The van der Waals surface area contributed by atoms with Crippen molar-refractivity contribution >= 4 is 11.0 Å². The molecule has 5 nitrogen and oxygen atoms in total. The molecule has 1 aromatic carbocycles. The van der Waals surface area contributed by atoms with Crippen molar-refractivity contribution in [3.63, 3.8) is 0 Å². The fourth-order valence-corrected chi connectivity index (χ4v) is 2.01. The van der Waals surface area contributed by atoms with Gasteiger partial charge < -0.3 is 10.1 Å². The van der Waals surface area contributed by atoms with Crippen molar-refractivity contribution in [3.8, 4) is 11.3 Å². The van der Waals surface area contributed by atoms with E-state index in [2.05, 4.69) is 19.9 Å². The first-order valence-electron chi connectivity index (χ1n) is 6.23. The van der Waals surface area contributed by atoms with Crippen LogP contribution in [0, 0.1) is 0 Å². The first-order chi connectivity index (χ1) is 9.36. The van der Waals surface area contributed by atoms with Gasteiger partial charge in [0.15, 0.2) is 0 Å². The van der Waals surface area contributed by atoms with E-state index in [0.29, 0.717) is 12.8 Å². The zero-order chi connectivity index (χ0) is 13.1. The predicted molar refractivity (Wildman–Crippen MR) is 72.5 cm³/mol. The number of H-pyrrole nitrogens is 1. The quantitative estimate of drug-likeness (QED) is 0.746. The Hall–Kier alpha value is -2.27. The highest BCUT2D eigenvalue weighted by molar-refractivity contribution is 5.80. The lowest BCUT2D eigenvalue weighted by molar-refractivity contribution is 0.287. The Morgan fingerprint density at radius 3 is 3.00 bits per heavy atom. The zero-order valence-corrected chi connectivity index (χ0v) is 10.4. The van der Waals surface area contributed by atoms with Crippen molar-refractivity contribution in [2.45, 2.75) is 12.8 Å². The minimum absolute atomic E-state index is 0.160. The molecular formula is C14H14N4O. The molecule has 0 fully saturated rings. The fraction of sp³-hybridized carbons (Fsp3) is 0.214. The number of nitrogens with one attached hydrogen (secondary N) is 1. The van der Waals surface area contributed by atoms with Gasteiger partial charge in [-0.05, 0) is 24.6 Å². The number of rotatable bonds is 4. The summed E-state index contributed by atoms with van der Waals surface area (Å²) in [4.78, 5) is 16.0. The van der Waals surface area contributed by atoms with Gasteiger partial charge in [-0.2, -0.15) is 0 Å². The molecule has 0 aliphatic carbocycles. The molecule has 0 spiro atoms. The molecule has 19 heavy (non-hydrogen) atoms. The molecule has 0 aliphatic heterocycles. The Balaban J connectivity index is 1.95. The van der Waals surface area contributed by atoms with E-state index < -0.39 is 0 Å². The molecule has 3 aromatic rings. The summed E-state index contributed by atoms with van der Waals surface area (Å²) < 4.78 is 0. The first kappa shape index (κ1) is 11.8. The molecule has 0 saturated heterocycles. The third-order valence-corrected chi connectivity index (χ3v) is 2.98. The van der Waals surface area contributed by atoms with E-state index in [4.69, 9.17) is 5.11 Å². The zero-order valence-electron chi connectivity index (χ0n) is 10.4. The number of hydrogen-bond acceptors (Lipinski definition) is 4. The number of imidazole rings is 1. The van der Waals surface area contributed by atoms with Gasteiger partial charge in [-0.25, -0.2) is 15.0 Å². The molecule has 3 rings (SSSR count). The van der Waals surface area contributed by atoms with Crippen LogP contribution in [0.15, 0.2) is 36.8 Å². The van der Waals surface area contributed by atoms with Gasteiger partial charge in [0.2, 0.25) is 0 Å². The van der Waals surface area contributed by atoms with E-state index in [0.717, 1.165) is 28.1 Å². The van der Waals surface area contributed by atoms with Crippen LogP contribution in [0.2, 0.25) is 0 Å². The third kappa shape index (κ3) is 2.46. The topological polar surface area (TPSA) is 74.7 Å². The molecule has 0 unspecified atom stereocenters. The first-order valence-corrected chi connectivity index (χ1v) is 6.23. The van der Waals surface area contributed by atoms with Gasteiger partial charge in [0.05, 0.1) is 23.1 Å². The van der Waals surface area contributed by atoms with Crippen LogP contribution in [0.5, 0.6) is 0 Å². The number of hydrogen-bond donors (Lipinski definition) is 2. The molecule has 0 atom stereocenters. The Morgan fingerprint density at radius 2 is 2.11 bits per heavy atom. The maximum absolute atomic E-state index is 8.84. The van der Waals surface area contributed by atoms with E-state index in [-0.39, 0.29) is 6.61 Å². The van der Waals surface area contributed by atoms with E-state index >= 15 is 0 Å². The van der Waals surface area contributed by atoms with E-state index in [9.17, 15) is 0 Å². The summed E-state index contributed by atoms with van der Waals surface area (Å²) >= 11 is 0. The monoisotopic (exact) mass is 254 g/mol. The van der Waals surface area contributed by atoms with Crippen molar-refractivity contribution in [1.29, 1.82) is 0 Å². The number of fused-ring (bicyclic) bond motifs is 1. The highest BCUT2D eigenvalue weighted by Crippen LogP contribution is 2.20. The number of aliphatic hydroxyl groups excluding tert-OH is 1. The maximum atomic E-state index is 8.84. The Labute approximate surface area is 110 Å². The van der Waals surface area contributed by atoms with Gasteiger partial charge >= 0.3 is 0 Å². The Bertz CT molecular complexity index is 692. The predicted octanol–water partition coefficient (Wildman–Crippen LogP) is 1.94. The summed E-state index contributed by atoms with van der Waals surface area (Å²) in [5.41, 5.74) is 3.86. The van der Waals surface area contributed by atoms with Crippen LogP contribution in [-0.4, -0.2) is 31.6 Å². The lowest BCUT2D eigenvalue weighted by Crippen LogP contribution is -1.98. The second-order valence-corrected chi connectivity index (χ2v) is 4.32. The van der Waals surface area contributed by atoms with Crippen molar-refractivity contribution in [2.75, 3.05) is 6.61 Å². The molecule has 2 heterocycles. The average Bonchev–Trinajstić information content (AvgIpc) is 2.92. The fourth-order valence-electron chi connectivity index (χ4n) is 2.01. The second-order valence-electron chi connectivity index (χ2n) is 4.32. The Kier molecular flexibility index (Phi) is 3.20. The van der Waals surface area contributed by atoms with Gasteiger partial charge in [0.25, 0.3) is 0 Å². The standard InChI is InChI=1S/C14H14N4O/c19-7-1-2-14-15-6-5-11(18-14)10-3-4-12-13(8-10)17-9-16-12/h3-6,8-9,19H,1-2,7H2,(H,16,17). The highest BCUT2D eigenvalue weighted by atomic mass is 16.2. The number of benzene rings is 1. The molecule has 0 radical (unpaired) electrons. The molecule has 0 bridgehead atoms. The molecular weight excluding hydrogens is 240 g/mol. The van der Waals surface area contributed by atoms with Crippen LogP contribution in [0.4, 0.5) is 0 Å². The second kappa shape index (κ2) is 5.16. The van der Waals surface area contributed by atoms with Crippen molar-refractivity contribution in [3.05, 3.63) is 42.6 Å². The SMILES string of the molecule is OCCCc1nccc(-c2ccc3nc[nH]c3c2)n1. The van der Waals surface area contributed by atoms with Gasteiger partial charge in [-0.3, -0.25) is 0 Å². The lowest BCUT2D eigenvalue weighted by Gasteiger charge is -2.03. The van der Waals surface area contributed by atoms with E-state index in [1.807, 2.05) is 24.3 Å². The molecule has 0 amide bonds. The van der Waals surface area contributed by atoms with Gasteiger partial charge in [-0.1, -0.05) is 6.07 Å². The van der Waals surface area contributed by atoms with Crippen LogP contribution in [-0.2, 0) is 6.42 Å². The van der Waals surface area contributed by atoms with Crippen LogP contribution in [0.1, 0.15) is 12.2 Å². The third-order valence-electron chi connectivity index (χ3n) is 2.98. The Morgan fingerprint density at radius 1 is 1.16 bits per heavy atom. The summed E-state index contributed by atoms with van der Waals surface area (Å²) in [6.45, 7) is 0.160.